The summed E-state index contributed by atoms with van der Waals surface area (Å²) in [5.41, 5.74) is 2.58. The first-order valence-electron chi connectivity index (χ1n) is 9.24. The number of aromatic nitrogens is 2. The summed E-state index contributed by atoms with van der Waals surface area (Å²) in [4.78, 5) is 11.5. The molecule has 0 bridgehead atoms. The molecule has 134 valence electrons. The van der Waals surface area contributed by atoms with Crippen LogP contribution in [0.25, 0.3) is 0 Å². The van der Waals surface area contributed by atoms with Crippen molar-refractivity contribution >= 4 is 5.96 Å². The zero-order chi connectivity index (χ0) is 17.6. The maximum Gasteiger partial charge on any atom is 0.194 e. The third-order valence-corrected chi connectivity index (χ3v) is 5.12. The van der Waals surface area contributed by atoms with Gasteiger partial charge in [-0.1, -0.05) is 31.2 Å². The third kappa shape index (κ3) is 4.21. The van der Waals surface area contributed by atoms with E-state index in [9.17, 15) is 0 Å². The fourth-order valence-electron chi connectivity index (χ4n) is 3.47. The van der Waals surface area contributed by atoms with E-state index < -0.39 is 0 Å². The molecular formula is C20H29N5. The van der Waals surface area contributed by atoms with Crippen molar-refractivity contribution < 1.29 is 0 Å². The maximum atomic E-state index is 4.92. The molecule has 25 heavy (non-hydrogen) atoms. The number of likely N-dealkylation sites (tertiary alicyclic amines) is 1. The highest BCUT2D eigenvalue weighted by molar-refractivity contribution is 5.80. The van der Waals surface area contributed by atoms with Crippen LogP contribution in [0.2, 0.25) is 0 Å². The van der Waals surface area contributed by atoms with E-state index >= 15 is 0 Å². The van der Waals surface area contributed by atoms with Crippen molar-refractivity contribution in [3.63, 3.8) is 0 Å². The number of guanidine groups is 1. The van der Waals surface area contributed by atoms with Crippen molar-refractivity contribution in [1.82, 2.24) is 19.8 Å². The zero-order valence-electron chi connectivity index (χ0n) is 15.5. The Morgan fingerprint density at radius 1 is 1.36 bits per heavy atom. The molecule has 2 atom stereocenters. The van der Waals surface area contributed by atoms with E-state index in [4.69, 9.17) is 4.99 Å². The molecule has 2 heterocycles. The SMILES string of the molecule is CCNC(=NCc1ccccc1C)N1CCC(C)C(n2ccnc2)C1. The maximum absolute atomic E-state index is 4.92. The largest absolute Gasteiger partial charge is 0.357 e. The fourth-order valence-corrected chi connectivity index (χ4v) is 3.47. The van der Waals surface area contributed by atoms with E-state index in [0.29, 0.717) is 12.0 Å². The van der Waals surface area contributed by atoms with Gasteiger partial charge in [0.15, 0.2) is 5.96 Å². The monoisotopic (exact) mass is 339 g/mol. The molecular weight excluding hydrogens is 310 g/mol. The highest BCUT2D eigenvalue weighted by Gasteiger charge is 2.28. The Labute approximate surface area is 150 Å². The number of piperidine rings is 1. The molecule has 0 spiro atoms. The van der Waals surface area contributed by atoms with Crippen LogP contribution in [0.15, 0.2) is 48.0 Å². The zero-order valence-corrected chi connectivity index (χ0v) is 15.5. The predicted molar refractivity (Wildman–Crippen MR) is 103 cm³/mol. The highest BCUT2D eigenvalue weighted by Crippen LogP contribution is 2.27. The van der Waals surface area contributed by atoms with Crippen molar-refractivity contribution in [2.24, 2.45) is 10.9 Å². The molecule has 5 heteroatoms. The Kier molecular flexibility index (Phi) is 5.74. The van der Waals surface area contributed by atoms with Crippen LogP contribution in [0.1, 0.15) is 37.4 Å². The Bertz CT molecular complexity index is 692. The number of nitrogens with zero attached hydrogens (tertiary/aromatic N) is 4. The minimum atomic E-state index is 0.443. The van der Waals surface area contributed by atoms with Gasteiger partial charge in [0.05, 0.1) is 18.9 Å². The van der Waals surface area contributed by atoms with Gasteiger partial charge in [0, 0.05) is 32.0 Å². The van der Waals surface area contributed by atoms with Crippen LogP contribution in [0, 0.1) is 12.8 Å². The van der Waals surface area contributed by atoms with Gasteiger partial charge in [-0.25, -0.2) is 9.98 Å². The summed E-state index contributed by atoms with van der Waals surface area (Å²) in [5.74, 6) is 1.66. The first-order valence-corrected chi connectivity index (χ1v) is 9.24. The average Bonchev–Trinajstić information content (AvgIpc) is 3.15. The Hall–Kier alpha value is -2.30. The minimum Gasteiger partial charge on any atom is -0.357 e. The first kappa shape index (κ1) is 17.5. The normalized spacial score (nSPS) is 21.4. The van der Waals surface area contributed by atoms with Crippen molar-refractivity contribution in [3.05, 3.63) is 54.1 Å². The number of aryl methyl sites for hydroxylation is 1. The van der Waals surface area contributed by atoms with Gasteiger partial charge in [-0.15, -0.1) is 0 Å². The van der Waals surface area contributed by atoms with Crippen LogP contribution >= 0.6 is 0 Å². The second-order valence-electron chi connectivity index (χ2n) is 6.89. The topological polar surface area (TPSA) is 45.5 Å². The highest BCUT2D eigenvalue weighted by atomic mass is 15.3. The second-order valence-corrected chi connectivity index (χ2v) is 6.89. The lowest BCUT2D eigenvalue weighted by Crippen LogP contribution is -2.49. The van der Waals surface area contributed by atoms with Crippen LogP contribution in [-0.4, -0.2) is 40.0 Å². The van der Waals surface area contributed by atoms with E-state index in [1.807, 2.05) is 12.5 Å². The van der Waals surface area contributed by atoms with Crippen LogP contribution < -0.4 is 5.32 Å². The summed E-state index contributed by atoms with van der Waals surface area (Å²) in [7, 11) is 0. The lowest BCUT2D eigenvalue weighted by Gasteiger charge is -2.39. The van der Waals surface area contributed by atoms with Gasteiger partial charge in [-0.3, -0.25) is 0 Å². The molecule has 0 saturated carbocycles. The lowest BCUT2D eigenvalue weighted by atomic mass is 9.93. The van der Waals surface area contributed by atoms with E-state index in [2.05, 4.69) is 71.0 Å². The van der Waals surface area contributed by atoms with Crippen molar-refractivity contribution in [1.29, 1.82) is 0 Å². The molecule has 1 saturated heterocycles. The molecule has 0 amide bonds. The second kappa shape index (κ2) is 8.19. The smallest absolute Gasteiger partial charge is 0.194 e. The van der Waals surface area contributed by atoms with Crippen LogP contribution in [0.3, 0.4) is 0 Å². The third-order valence-electron chi connectivity index (χ3n) is 5.12. The molecule has 1 aromatic carbocycles. The Morgan fingerprint density at radius 3 is 2.92 bits per heavy atom. The number of hydrogen-bond acceptors (Lipinski definition) is 2. The van der Waals surface area contributed by atoms with E-state index in [-0.39, 0.29) is 0 Å². The summed E-state index contributed by atoms with van der Waals surface area (Å²) in [6, 6.07) is 8.92. The molecule has 1 aliphatic rings. The van der Waals surface area contributed by atoms with Gasteiger partial charge in [0.1, 0.15) is 0 Å². The van der Waals surface area contributed by atoms with E-state index in [0.717, 1.165) is 38.6 Å². The van der Waals surface area contributed by atoms with Crippen LogP contribution in [-0.2, 0) is 6.54 Å². The number of aliphatic imine (C=N–C) groups is 1. The predicted octanol–water partition coefficient (Wildman–Crippen LogP) is 3.24. The molecule has 5 nitrogen and oxygen atoms in total. The standard InChI is InChI=1S/C20H29N5/c1-4-22-20(23-13-18-8-6-5-7-16(18)2)24-11-9-17(3)19(14-24)25-12-10-21-15-25/h5-8,10,12,15,17,19H,4,9,11,13-14H2,1-3H3,(H,22,23). The quantitative estimate of drug-likeness (QED) is 0.687. The van der Waals surface area contributed by atoms with E-state index in [1.54, 1.807) is 0 Å². The summed E-state index contributed by atoms with van der Waals surface area (Å²) < 4.78 is 2.24. The summed E-state index contributed by atoms with van der Waals surface area (Å²) in [5, 5.41) is 3.47. The van der Waals surface area contributed by atoms with Crippen LogP contribution in [0.5, 0.6) is 0 Å². The number of nitrogens with one attached hydrogen (secondary N) is 1. The van der Waals surface area contributed by atoms with Gasteiger partial charge in [0.25, 0.3) is 0 Å². The molecule has 2 aromatic rings. The van der Waals surface area contributed by atoms with Crippen molar-refractivity contribution in [2.45, 2.75) is 39.8 Å². The van der Waals surface area contributed by atoms with Crippen LogP contribution in [0.4, 0.5) is 0 Å². The van der Waals surface area contributed by atoms with Gasteiger partial charge in [-0.2, -0.15) is 0 Å². The molecule has 1 N–H and O–H groups in total. The Balaban J connectivity index is 1.75. The number of benzene rings is 1. The number of hydrogen-bond donors (Lipinski definition) is 1. The molecule has 1 aromatic heterocycles. The molecule has 0 radical (unpaired) electrons. The summed E-state index contributed by atoms with van der Waals surface area (Å²) >= 11 is 0. The summed E-state index contributed by atoms with van der Waals surface area (Å²) in [6.07, 6.45) is 7.03. The average molecular weight is 339 g/mol. The Morgan fingerprint density at radius 2 is 2.20 bits per heavy atom. The molecule has 3 rings (SSSR count). The molecule has 1 aliphatic heterocycles. The van der Waals surface area contributed by atoms with Crippen molar-refractivity contribution in [2.75, 3.05) is 19.6 Å². The molecule has 0 aliphatic carbocycles. The lowest BCUT2D eigenvalue weighted by molar-refractivity contribution is 0.189. The number of rotatable bonds is 4. The fraction of sp³-hybridized carbons (Fsp3) is 0.500. The molecule has 2 unspecified atom stereocenters. The first-order chi connectivity index (χ1) is 12.2. The van der Waals surface area contributed by atoms with E-state index in [1.165, 1.54) is 11.1 Å². The van der Waals surface area contributed by atoms with Gasteiger partial charge < -0.3 is 14.8 Å². The van der Waals surface area contributed by atoms with Gasteiger partial charge in [0.2, 0.25) is 0 Å². The molecule has 1 fully saturated rings. The van der Waals surface area contributed by atoms with Crippen molar-refractivity contribution in [3.8, 4) is 0 Å². The van der Waals surface area contributed by atoms with Gasteiger partial charge in [-0.05, 0) is 37.3 Å². The number of imidazole rings is 1. The minimum absolute atomic E-state index is 0.443. The summed E-state index contributed by atoms with van der Waals surface area (Å²) in [6.45, 7) is 10.2. The van der Waals surface area contributed by atoms with Gasteiger partial charge >= 0.3 is 0 Å².